The van der Waals surface area contributed by atoms with Gasteiger partial charge in [0.1, 0.15) is 0 Å². The highest BCUT2D eigenvalue weighted by Gasteiger charge is 2.20. The molecule has 2 atom stereocenters. The zero-order valence-electron chi connectivity index (χ0n) is 12.5. The Morgan fingerprint density at radius 1 is 1.30 bits per heavy atom. The first-order valence-electron chi connectivity index (χ1n) is 7.43. The Bertz CT molecular complexity index is 405. The molecule has 4 nitrogen and oxygen atoms in total. The molecule has 0 radical (unpaired) electrons. The van der Waals surface area contributed by atoms with Crippen molar-refractivity contribution >= 4 is 0 Å². The molecular formula is C16H26N2O2. The Morgan fingerprint density at radius 3 is 2.65 bits per heavy atom. The van der Waals surface area contributed by atoms with E-state index in [0.717, 1.165) is 32.8 Å². The minimum Gasteiger partial charge on any atom is -0.395 e. The molecule has 1 fully saturated rings. The van der Waals surface area contributed by atoms with Crippen molar-refractivity contribution in [2.24, 2.45) is 0 Å². The fourth-order valence-corrected chi connectivity index (χ4v) is 2.66. The van der Waals surface area contributed by atoms with Crippen LogP contribution in [0, 0.1) is 6.92 Å². The third-order valence-corrected chi connectivity index (χ3v) is 3.87. The lowest BCUT2D eigenvalue weighted by molar-refractivity contribution is 0.0324. The van der Waals surface area contributed by atoms with Crippen LogP contribution < -0.4 is 5.32 Å². The molecule has 0 unspecified atom stereocenters. The molecular weight excluding hydrogens is 252 g/mol. The van der Waals surface area contributed by atoms with Crippen molar-refractivity contribution in [2.75, 3.05) is 39.5 Å². The Balaban J connectivity index is 2.09. The summed E-state index contributed by atoms with van der Waals surface area (Å²) in [5, 5.41) is 12.8. The standard InChI is InChI=1S/C16H26N2O2/c1-13-5-3-4-6-15(13)16(17-14(2)12-19)11-18-7-9-20-10-8-18/h3-6,14,16-17,19H,7-12H2,1-2H3/t14-,16+/m1/s1. The monoisotopic (exact) mass is 278 g/mol. The Kier molecular flexibility index (Phi) is 5.98. The van der Waals surface area contributed by atoms with Crippen molar-refractivity contribution in [3.8, 4) is 0 Å². The lowest BCUT2D eigenvalue weighted by Gasteiger charge is -2.33. The number of rotatable bonds is 6. The number of ether oxygens (including phenoxy) is 1. The molecule has 20 heavy (non-hydrogen) atoms. The first-order valence-corrected chi connectivity index (χ1v) is 7.43. The van der Waals surface area contributed by atoms with Gasteiger partial charge in [0.25, 0.3) is 0 Å². The van der Waals surface area contributed by atoms with Crippen LogP contribution in [0.15, 0.2) is 24.3 Å². The van der Waals surface area contributed by atoms with Crippen LogP contribution in [0.3, 0.4) is 0 Å². The van der Waals surface area contributed by atoms with Gasteiger partial charge in [0.15, 0.2) is 0 Å². The largest absolute Gasteiger partial charge is 0.395 e. The number of nitrogens with zero attached hydrogens (tertiary/aromatic N) is 1. The third-order valence-electron chi connectivity index (χ3n) is 3.87. The summed E-state index contributed by atoms with van der Waals surface area (Å²) < 4.78 is 5.41. The fraction of sp³-hybridized carbons (Fsp3) is 0.625. The molecule has 0 saturated carbocycles. The first-order chi connectivity index (χ1) is 9.70. The van der Waals surface area contributed by atoms with Gasteiger partial charge in [0, 0.05) is 31.7 Å². The van der Waals surface area contributed by atoms with Crippen molar-refractivity contribution in [1.82, 2.24) is 10.2 Å². The molecule has 1 heterocycles. The smallest absolute Gasteiger partial charge is 0.0594 e. The third kappa shape index (κ3) is 4.28. The van der Waals surface area contributed by atoms with Crippen LogP contribution in [-0.2, 0) is 4.74 Å². The second-order valence-corrected chi connectivity index (χ2v) is 5.57. The molecule has 1 aliphatic heterocycles. The summed E-state index contributed by atoms with van der Waals surface area (Å²) in [7, 11) is 0. The highest BCUT2D eigenvalue weighted by molar-refractivity contribution is 5.29. The average molecular weight is 278 g/mol. The number of aliphatic hydroxyl groups is 1. The number of benzene rings is 1. The highest BCUT2D eigenvalue weighted by Crippen LogP contribution is 2.20. The van der Waals surface area contributed by atoms with Crippen LogP contribution >= 0.6 is 0 Å². The summed E-state index contributed by atoms with van der Waals surface area (Å²) in [6.45, 7) is 8.88. The van der Waals surface area contributed by atoms with Gasteiger partial charge in [-0.15, -0.1) is 0 Å². The molecule has 112 valence electrons. The van der Waals surface area contributed by atoms with Crippen LogP contribution in [0.25, 0.3) is 0 Å². The summed E-state index contributed by atoms with van der Waals surface area (Å²) in [5.41, 5.74) is 2.61. The lowest BCUT2D eigenvalue weighted by atomic mass is 10.00. The van der Waals surface area contributed by atoms with Crippen LogP contribution in [0.1, 0.15) is 24.1 Å². The molecule has 1 aromatic rings. The van der Waals surface area contributed by atoms with E-state index in [1.807, 2.05) is 6.92 Å². The van der Waals surface area contributed by atoms with E-state index in [1.165, 1.54) is 11.1 Å². The zero-order valence-corrected chi connectivity index (χ0v) is 12.5. The minimum atomic E-state index is 0.0978. The van der Waals surface area contributed by atoms with E-state index < -0.39 is 0 Å². The molecule has 1 aliphatic rings. The molecule has 1 saturated heterocycles. The fourth-order valence-electron chi connectivity index (χ4n) is 2.66. The van der Waals surface area contributed by atoms with Crippen molar-refractivity contribution in [3.63, 3.8) is 0 Å². The number of aliphatic hydroxyl groups excluding tert-OH is 1. The summed E-state index contributed by atoms with van der Waals surface area (Å²) >= 11 is 0. The SMILES string of the molecule is Cc1ccccc1[C@H](CN1CCOCC1)N[C@H](C)CO. The van der Waals surface area contributed by atoms with E-state index >= 15 is 0 Å². The topological polar surface area (TPSA) is 44.7 Å². The Morgan fingerprint density at radius 2 is 2.00 bits per heavy atom. The molecule has 4 heteroatoms. The normalized spacial score (nSPS) is 19.8. The number of hydrogen-bond acceptors (Lipinski definition) is 4. The lowest BCUT2D eigenvalue weighted by Crippen LogP contribution is -2.44. The minimum absolute atomic E-state index is 0.0978. The van der Waals surface area contributed by atoms with Gasteiger partial charge in [0.2, 0.25) is 0 Å². The number of aryl methyl sites for hydroxylation is 1. The van der Waals surface area contributed by atoms with E-state index in [0.29, 0.717) is 0 Å². The predicted octanol–water partition coefficient (Wildman–Crippen LogP) is 1.34. The maximum atomic E-state index is 9.31. The van der Waals surface area contributed by atoms with Crippen molar-refractivity contribution < 1.29 is 9.84 Å². The molecule has 0 aromatic heterocycles. The van der Waals surface area contributed by atoms with Gasteiger partial charge < -0.3 is 15.2 Å². The molecule has 0 spiro atoms. The number of morpholine rings is 1. The van der Waals surface area contributed by atoms with Crippen LogP contribution in [-0.4, -0.2) is 55.5 Å². The maximum absolute atomic E-state index is 9.31. The second kappa shape index (κ2) is 7.74. The van der Waals surface area contributed by atoms with Gasteiger partial charge >= 0.3 is 0 Å². The van der Waals surface area contributed by atoms with Crippen molar-refractivity contribution in [2.45, 2.75) is 25.9 Å². The van der Waals surface area contributed by atoms with Gasteiger partial charge in [-0.2, -0.15) is 0 Å². The van der Waals surface area contributed by atoms with Gasteiger partial charge in [-0.3, -0.25) is 4.90 Å². The molecule has 0 bridgehead atoms. The van der Waals surface area contributed by atoms with Gasteiger partial charge in [0.05, 0.1) is 19.8 Å². The Hall–Kier alpha value is -0.940. The zero-order chi connectivity index (χ0) is 14.4. The van der Waals surface area contributed by atoms with Crippen LogP contribution in [0.4, 0.5) is 0 Å². The first kappa shape index (κ1) is 15.4. The quantitative estimate of drug-likeness (QED) is 0.824. The van der Waals surface area contributed by atoms with Crippen molar-refractivity contribution in [1.29, 1.82) is 0 Å². The Labute approximate surface area is 121 Å². The summed E-state index contributed by atoms with van der Waals surface area (Å²) in [5.74, 6) is 0. The molecule has 2 rings (SSSR count). The van der Waals surface area contributed by atoms with Crippen LogP contribution in [0.2, 0.25) is 0 Å². The van der Waals surface area contributed by atoms with Crippen LogP contribution in [0.5, 0.6) is 0 Å². The number of hydrogen-bond donors (Lipinski definition) is 2. The second-order valence-electron chi connectivity index (χ2n) is 5.57. The van der Waals surface area contributed by atoms with Crippen molar-refractivity contribution in [3.05, 3.63) is 35.4 Å². The molecule has 0 aliphatic carbocycles. The maximum Gasteiger partial charge on any atom is 0.0594 e. The number of nitrogens with one attached hydrogen (secondary N) is 1. The highest BCUT2D eigenvalue weighted by atomic mass is 16.5. The van der Waals surface area contributed by atoms with E-state index in [1.54, 1.807) is 0 Å². The van der Waals surface area contributed by atoms with Gasteiger partial charge in [-0.1, -0.05) is 24.3 Å². The average Bonchev–Trinajstić information content (AvgIpc) is 2.48. The van der Waals surface area contributed by atoms with E-state index in [-0.39, 0.29) is 18.7 Å². The summed E-state index contributed by atoms with van der Waals surface area (Å²) in [6.07, 6.45) is 0. The predicted molar refractivity (Wildman–Crippen MR) is 80.9 cm³/mol. The van der Waals surface area contributed by atoms with E-state index in [4.69, 9.17) is 4.74 Å². The summed E-state index contributed by atoms with van der Waals surface area (Å²) in [4.78, 5) is 2.43. The molecule has 0 amide bonds. The van der Waals surface area contributed by atoms with E-state index in [2.05, 4.69) is 41.4 Å². The van der Waals surface area contributed by atoms with Gasteiger partial charge in [-0.25, -0.2) is 0 Å². The van der Waals surface area contributed by atoms with E-state index in [9.17, 15) is 5.11 Å². The summed E-state index contributed by atoms with van der Waals surface area (Å²) in [6, 6.07) is 8.82. The molecule has 1 aromatic carbocycles. The van der Waals surface area contributed by atoms with Gasteiger partial charge in [-0.05, 0) is 25.0 Å². The molecule has 2 N–H and O–H groups in total.